The molecule has 0 aliphatic heterocycles. The zero-order valence-electron chi connectivity index (χ0n) is 17.9. The Labute approximate surface area is 177 Å². The van der Waals surface area contributed by atoms with Crippen LogP contribution in [0.5, 0.6) is 12.0 Å². The van der Waals surface area contributed by atoms with Crippen molar-refractivity contribution in [3.05, 3.63) is 24.3 Å². The van der Waals surface area contributed by atoms with Crippen molar-refractivity contribution in [1.29, 1.82) is 0 Å². The molecule has 0 atom stereocenters. The van der Waals surface area contributed by atoms with Crippen LogP contribution in [0, 0.1) is 0 Å². The first-order valence-corrected chi connectivity index (χ1v) is 11.2. The molecule has 2 rings (SSSR count). The highest BCUT2D eigenvalue weighted by Gasteiger charge is 2.10. The van der Waals surface area contributed by atoms with Crippen molar-refractivity contribution >= 4 is 27.3 Å². The number of ether oxygens (including phenoxy) is 2. The molecule has 1 aromatic heterocycles. The first-order valence-electron chi connectivity index (χ1n) is 9.27. The molecule has 0 fully saturated rings. The molecule has 166 valence electrons. The molecule has 1 aromatic carbocycles. The van der Waals surface area contributed by atoms with Crippen molar-refractivity contribution in [2.75, 3.05) is 70.8 Å². The van der Waals surface area contributed by atoms with Gasteiger partial charge in [-0.25, -0.2) is 8.42 Å². The summed E-state index contributed by atoms with van der Waals surface area (Å²) < 4.78 is 36.3. The molecule has 2 N–H and O–H groups in total. The van der Waals surface area contributed by atoms with Crippen LogP contribution in [0.25, 0.3) is 0 Å². The van der Waals surface area contributed by atoms with E-state index >= 15 is 0 Å². The van der Waals surface area contributed by atoms with Crippen LogP contribution >= 0.6 is 0 Å². The highest BCUT2D eigenvalue weighted by atomic mass is 32.2. The van der Waals surface area contributed by atoms with E-state index < -0.39 is 10.0 Å². The standard InChI is InChI=1S/C18H29N7O4S/c1-24(2)10-12-28-17-20-16(21-18(22-17)29-13-11-25(3)4)19-14-6-8-15(9-7-14)23-30(5,26)27/h6-9,23H,10-13H2,1-5H3,(H,19,20,21,22). The highest BCUT2D eigenvalue weighted by molar-refractivity contribution is 7.92. The Kier molecular flexibility index (Phi) is 8.57. The third kappa shape index (κ3) is 9.20. The lowest BCUT2D eigenvalue weighted by Crippen LogP contribution is -2.21. The lowest BCUT2D eigenvalue weighted by molar-refractivity contribution is 0.224. The molecular formula is C18H29N7O4S. The van der Waals surface area contributed by atoms with E-state index in [1.807, 2.05) is 38.0 Å². The van der Waals surface area contributed by atoms with Gasteiger partial charge in [0, 0.05) is 24.5 Å². The molecule has 12 heteroatoms. The second-order valence-corrected chi connectivity index (χ2v) is 8.85. The third-order valence-corrected chi connectivity index (χ3v) is 4.18. The van der Waals surface area contributed by atoms with Crippen LogP contribution in [0.15, 0.2) is 24.3 Å². The van der Waals surface area contributed by atoms with Gasteiger partial charge in [-0.05, 0) is 52.5 Å². The minimum absolute atomic E-state index is 0.157. The summed E-state index contributed by atoms with van der Waals surface area (Å²) in [6, 6.07) is 6.99. The zero-order chi connectivity index (χ0) is 22.1. The molecule has 11 nitrogen and oxygen atoms in total. The number of nitrogens with one attached hydrogen (secondary N) is 2. The molecule has 0 bridgehead atoms. The minimum Gasteiger partial charge on any atom is -0.462 e. The lowest BCUT2D eigenvalue weighted by Gasteiger charge is -2.13. The fraction of sp³-hybridized carbons (Fsp3) is 0.500. The Hall–Kier alpha value is -2.70. The van der Waals surface area contributed by atoms with Crippen molar-refractivity contribution in [3.8, 4) is 12.0 Å². The molecule has 0 aliphatic carbocycles. The maximum atomic E-state index is 11.3. The molecule has 30 heavy (non-hydrogen) atoms. The Balaban J connectivity index is 2.13. The van der Waals surface area contributed by atoms with E-state index in [-0.39, 0.29) is 18.0 Å². The molecule has 0 saturated heterocycles. The summed E-state index contributed by atoms with van der Waals surface area (Å²) in [6.45, 7) is 2.25. The third-order valence-electron chi connectivity index (χ3n) is 3.58. The quantitative estimate of drug-likeness (QED) is 0.492. The summed E-state index contributed by atoms with van der Waals surface area (Å²) in [5.74, 6) is 0.258. The van der Waals surface area contributed by atoms with Gasteiger partial charge in [0.1, 0.15) is 13.2 Å². The number of sulfonamides is 1. The zero-order valence-corrected chi connectivity index (χ0v) is 18.7. The normalized spacial score (nSPS) is 11.6. The first-order chi connectivity index (χ1) is 14.1. The van der Waals surface area contributed by atoms with Crippen molar-refractivity contribution in [2.45, 2.75) is 0 Å². The van der Waals surface area contributed by atoms with E-state index in [9.17, 15) is 8.42 Å². The summed E-state index contributed by atoms with van der Waals surface area (Å²) in [7, 11) is 4.45. The Morgan fingerprint density at radius 3 is 1.73 bits per heavy atom. The van der Waals surface area contributed by atoms with Crippen LogP contribution in [-0.4, -0.2) is 93.9 Å². The predicted molar refractivity (Wildman–Crippen MR) is 116 cm³/mol. The maximum absolute atomic E-state index is 11.3. The second-order valence-electron chi connectivity index (χ2n) is 7.10. The van der Waals surface area contributed by atoms with Crippen LogP contribution in [0.4, 0.5) is 17.3 Å². The fourth-order valence-corrected chi connectivity index (χ4v) is 2.69. The highest BCUT2D eigenvalue weighted by Crippen LogP contribution is 2.20. The summed E-state index contributed by atoms with van der Waals surface area (Å²) in [6.07, 6.45) is 1.10. The van der Waals surface area contributed by atoms with Crippen molar-refractivity contribution in [3.63, 3.8) is 0 Å². The SMILES string of the molecule is CN(C)CCOc1nc(Nc2ccc(NS(C)(=O)=O)cc2)nc(OCCN(C)C)n1. The largest absolute Gasteiger partial charge is 0.462 e. The molecule has 0 aliphatic rings. The summed E-state index contributed by atoms with van der Waals surface area (Å²) >= 11 is 0. The summed E-state index contributed by atoms with van der Waals surface area (Å²) in [5.41, 5.74) is 1.12. The van der Waals surface area contributed by atoms with Gasteiger partial charge in [0.2, 0.25) is 16.0 Å². The number of hydrogen-bond donors (Lipinski definition) is 2. The van der Waals surface area contributed by atoms with Crippen LogP contribution in [-0.2, 0) is 10.0 Å². The summed E-state index contributed by atoms with van der Waals surface area (Å²) in [5, 5.41) is 3.05. The average Bonchev–Trinajstić information content (AvgIpc) is 2.61. The number of anilines is 3. The average molecular weight is 440 g/mol. The molecule has 0 saturated carbocycles. The van der Waals surface area contributed by atoms with Gasteiger partial charge in [-0.1, -0.05) is 0 Å². The fourth-order valence-electron chi connectivity index (χ4n) is 2.13. The van der Waals surface area contributed by atoms with Crippen LogP contribution < -0.4 is 19.5 Å². The predicted octanol–water partition coefficient (Wildman–Crippen LogP) is 0.868. The van der Waals surface area contributed by atoms with Gasteiger partial charge in [-0.15, -0.1) is 4.98 Å². The molecule has 0 amide bonds. The summed E-state index contributed by atoms with van der Waals surface area (Å²) in [4.78, 5) is 16.7. The van der Waals surface area contributed by atoms with E-state index in [2.05, 4.69) is 25.0 Å². The molecule has 0 unspecified atom stereocenters. The first kappa shape index (κ1) is 23.6. The lowest BCUT2D eigenvalue weighted by atomic mass is 10.3. The van der Waals surface area contributed by atoms with Gasteiger partial charge < -0.3 is 24.6 Å². The van der Waals surface area contributed by atoms with Crippen LogP contribution in [0.3, 0.4) is 0 Å². The smallest absolute Gasteiger partial charge is 0.324 e. The second kappa shape index (κ2) is 10.9. The molecule has 1 heterocycles. The maximum Gasteiger partial charge on any atom is 0.324 e. The van der Waals surface area contributed by atoms with E-state index in [0.717, 1.165) is 6.26 Å². The number of nitrogens with zero attached hydrogens (tertiary/aromatic N) is 5. The van der Waals surface area contributed by atoms with Crippen molar-refractivity contribution < 1.29 is 17.9 Å². The number of benzene rings is 1. The molecule has 0 spiro atoms. The number of aromatic nitrogens is 3. The molecule has 2 aromatic rings. The molecular weight excluding hydrogens is 410 g/mol. The number of likely N-dealkylation sites (N-methyl/N-ethyl adjacent to an activating group) is 2. The Bertz CT molecular complexity index is 873. The van der Waals surface area contributed by atoms with Crippen molar-refractivity contribution in [2.24, 2.45) is 0 Å². The van der Waals surface area contributed by atoms with Gasteiger partial charge in [-0.3, -0.25) is 4.72 Å². The number of rotatable bonds is 12. The minimum atomic E-state index is -3.33. The van der Waals surface area contributed by atoms with Gasteiger partial charge in [0.25, 0.3) is 0 Å². The van der Waals surface area contributed by atoms with Gasteiger partial charge in [0.15, 0.2) is 0 Å². The van der Waals surface area contributed by atoms with E-state index in [0.29, 0.717) is 37.7 Å². The molecule has 0 radical (unpaired) electrons. The Morgan fingerprint density at radius 2 is 1.30 bits per heavy atom. The van der Waals surface area contributed by atoms with Crippen molar-refractivity contribution in [1.82, 2.24) is 24.8 Å². The van der Waals surface area contributed by atoms with E-state index in [4.69, 9.17) is 9.47 Å². The van der Waals surface area contributed by atoms with E-state index in [1.165, 1.54) is 0 Å². The van der Waals surface area contributed by atoms with Gasteiger partial charge >= 0.3 is 12.0 Å². The Morgan fingerprint density at radius 1 is 0.833 bits per heavy atom. The van der Waals surface area contributed by atoms with Gasteiger partial charge in [0.05, 0.1) is 6.26 Å². The van der Waals surface area contributed by atoms with Gasteiger partial charge in [-0.2, -0.15) is 9.97 Å². The van der Waals surface area contributed by atoms with E-state index in [1.54, 1.807) is 24.3 Å². The van der Waals surface area contributed by atoms with Crippen LogP contribution in [0.2, 0.25) is 0 Å². The monoisotopic (exact) mass is 439 g/mol. The van der Waals surface area contributed by atoms with Crippen LogP contribution in [0.1, 0.15) is 0 Å². The topological polar surface area (TPSA) is 122 Å². The number of hydrogen-bond acceptors (Lipinski definition) is 10.